The molecular formula is C15H33N. The molecule has 1 heterocycles. The molecule has 98 valence electrons. The van der Waals surface area contributed by atoms with Crippen LogP contribution in [-0.2, 0) is 0 Å². The van der Waals surface area contributed by atoms with Gasteiger partial charge in [-0.05, 0) is 45.2 Å². The van der Waals surface area contributed by atoms with E-state index in [0.29, 0.717) is 0 Å². The summed E-state index contributed by atoms with van der Waals surface area (Å²) in [6, 6.07) is 0.827. The van der Waals surface area contributed by atoms with Crippen molar-refractivity contribution in [2.45, 2.75) is 79.2 Å². The largest absolute Gasteiger partial charge is 0.301 e. The van der Waals surface area contributed by atoms with Crippen LogP contribution in [0.25, 0.3) is 0 Å². The van der Waals surface area contributed by atoms with E-state index in [-0.39, 0.29) is 0 Å². The van der Waals surface area contributed by atoms with Crippen molar-refractivity contribution in [2.75, 3.05) is 13.1 Å². The molecule has 0 N–H and O–H groups in total. The van der Waals surface area contributed by atoms with Crippen LogP contribution < -0.4 is 0 Å². The molecule has 1 atom stereocenters. The molecule has 0 radical (unpaired) electrons. The lowest BCUT2D eigenvalue weighted by Gasteiger charge is -2.35. The molecule has 0 aromatic rings. The van der Waals surface area contributed by atoms with Crippen molar-refractivity contribution in [1.82, 2.24) is 4.90 Å². The van der Waals surface area contributed by atoms with Crippen LogP contribution in [0.2, 0.25) is 0 Å². The van der Waals surface area contributed by atoms with Crippen molar-refractivity contribution in [3.8, 4) is 0 Å². The number of likely N-dealkylation sites (tertiary alicyclic amines) is 1. The summed E-state index contributed by atoms with van der Waals surface area (Å²) in [5, 5.41) is 0. The molecule has 0 saturated carbocycles. The molecule has 1 heteroatoms. The van der Waals surface area contributed by atoms with E-state index in [2.05, 4.69) is 25.7 Å². The first-order valence-electron chi connectivity index (χ1n) is 7.52. The molecular weight excluding hydrogens is 194 g/mol. The molecule has 1 fully saturated rings. The molecule has 16 heavy (non-hydrogen) atoms. The first-order valence-corrected chi connectivity index (χ1v) is 7.52. The summed E-state index contributed by atoms with van der Waals surface area (Å²) in [5.74, 6) is 1.02. The van der Waals surface area contributed by atoms with Crippen LogP contribution in [0.4, 0.5) is 0 Å². The quantitative estimate of drug-likeness (QED) is 0.657. The standard InChI is InChI=1S/C13H27N.C2H6/c1-4-6-7-12(3)14-10-8-13(5-2)9-11-14;1-2/h12-13H,4-11H2,1-3H3;1-2H3. The third-order valence-corrected chi connectivity index (χ3v) is 3.83. The lowest BCUT2D eigenvalue weighted by atomic mass is 9.93. The molecule has 0 bridgehead atoms. The van der Waals surface area contributed by atoms with Crippen LogP contribution >= 0.6 is 0 Å². The van der Waals surface area contributed by atoms with Crippen molar-refractivity contribution >= 4 is 0 Å². The molecule has 0 amide bonds. The van der Waals surface area contributed by atoms with Gasteiger partial charge in [-0.3, -0.25) is 0 Å². The number of rotatable bonds is 5. The lowest BCUT2D eigenvalue weighted by molar-refractivity contribution is 0.132. The number of hydrogen-bond donors (Lipinski definition) is 0. The minimum Gasteiger partial charge on any atom is -0.301 e. The molecule has 1 aliphatic heterocycles. The fourth-order valence-corrected chi connectivity index (χ4v) is 2.48. The second kappa shape index (κ2) is 10.1. The number of piperidine rings is 1. The van der Waals surface area contributed by atoms with Crippen molar-refractivity contribution in [3.05, 3.63) is 0 Å². The Morgan fingerprint density at radius 3 is 2.12 bits per heavy atom. The molecule has 0 aromatic heterocycles. The van der Waals surface area contributed by atoms with Crippen LogP contribution in [0.15, 0.2) is 0 Å². The van der Waals surface area contributed by atoms with Gasteiger partial charge in [-0.2, -0.15) is 0 Å². The van der Waals surface area contributed by atoms with Crippen molar-refractivity contribution in [3.63, 3.8) is 0 Å². The number of hydrogen-bond acceptors (Lipinski definition) is 1. The van der Waals surface area contributed by atoms with Gasteiger partial charge in [-0.25, -0.2) is 0 Å². The third kappa shape index (κ3) is 5.89. The van der Waals surface area contributed by atoms with E-state index < -0.39 is 0 Å². The van der Waals surface area contributed by atoms with Crippen molar-refractivity contribution < 1.29 is 0 Å². The highest BCUT2D eigenvalue weighted by atomic mass is 15.2. The monoisotopic (exact) mass is 227 g/mol. The Balaban J connectivity index is 0.00000106. The SMILES string of the molecule is CC.CCCCC(C)N1CCC(CC)CC1. The van der Waals surface area contributed by atoms with E-state index in [1.807, 2.05) is 13.8 Å². The Kier molecular flexibility index (Phi) is 10.1. The molecule has 0 aromatic carbocycles. The minimum atomic E-state index is 0.827. The van der Waals surface area contributed by atoms with E-state index in [1.165, 1.54) is 51.6 Å². The number of unbranched alkanes of at least 4 members (excludes halogenated alkanes) is 1. The summed E-state index contributed by atoms with van der Waals surface area (Å²) >= 11 is 0. The van der Waals surface area contributed by atoms with E-state index in [9.17, 15) is 0 Å². The van der Waals surface area contributed by atoms with Crippen LogP contribution in [-0.4, -0.2) is 24.0 Å². The summed E-state index contributed by atoms with van der Waals surface area (Å²) in [6.45, 7) is 13.7. The minimum absolute atomic E-state index is 0.827. The Labute approximate surface area is 104 Å². The maximum absolute atomic E-state index is 2.70. The molecule has 1 aliphatic rings. The first-order chi connectivity index (χ1) is 7.77. The highest BCUT2D eigenvalue weighted by Crippen LogP contribution is 2.22. The fourth-order valence-electron chi connectivity index (χ4n) is 2.48. The fraction of sp³-hybridized carbons (Fsp3) is 1.00. The van der Waals surface area contributed by atoms with Crippen molar-refractivity contribution in [1.29, 1.82) is 0 Å². The van der Waals surface area contributed by atoms with Crippen LogP contribution in [0.5, 0.6) is 0 Å². The summed E-state index contributed by atoms with van der Waals surface area (Å²) < 4.78 is 0. The third-order valence-electron chi connectivity index (χ3n) is 3.83. The topological polar surface area (TPSA) is 3.24 Å². The zero-order valence-electron chi connectivity index (χ0n) is 12.3. The van der Waals surface area contributed by atoms with E-state index >= 15 is 0 Å². The second-order valence-electron chi connectivity index (χ2n) is 4.88. The smallest absolute Gasteiger partial charge is 0.00669 e. The predicted molar refractivity (Wildman–Crippen MR) is 74.9 cm³/mol. The highest BCUT2D eigenvalue weighted by molar-refractivity contribution is 4.75. The Hall–Kier alpha value is -0.0400. The van der Waals surface area contributed by atoms with Gasteiger partial charge in [0.2, 0.25) is 0 Å². The van der Waals surface area contributed by atoms with Gasteiger partial charge in [0.1, 0.15) is 0 Å². The average molecular weight is 227 g/mol. The molecule has 1 nitrogen and oxygen atoms in total. The summed E-state index contributed by atoms with van der Waals surface area (Å²) in [7, 11) is 0. The Morgan fingerprint density at radius 2 is 1.69 bits per heavy atom. The van der Waals surface area contributed by atoms with Gasteiger partial charge in [-0.15, -0.1) is 0 Å². The maximum Gasteiger partial charge on any atom is 0.00669 e. The summed E-state index contributed by atoms with van der Waals surface area (Å²) in [6.07, 6.45) is 8.40. The normalized spacial score (nSPS) is 20.1. The predicted octanol–water partition coefficient (Wildman–Crippen LogP) is 4.71. The Morgan fingerprint density at radius 1 is 1.12 bits per heavy atom. The zero-order valence-corrected chi connectivity index (χ0v) is 12.3. The van der Waals surface area contributed by atoms with Crippen LogP contribution in [0.3, 0.4) is 0 Å². The zero-order chi connectivity index (χ0) is 12.4. The molecule has 1 unspecified atom stereocenters. The molecule has 1 saturated heterocycles. The van der Waals surface area contributed by atoms with E-state index in [1.54, 1.807) is 0 Å². The number of nitrogens with zero attached hydrogens (tertiary/aromatic N) is 1. The molecule has 0 spiro atoms. The van der Waals surface area contributed by atoms with Crippen molar-refractivity contribution in [2.24, 2.45) is 5.92 Å². The first kappa shape index (κ1) is 16.0. The van der Waals surface area contributed by atoms with Gasteiger partial charge in [0.25, 0.3) is 0 Å². The van der Waals surface area contributed by atoms with Gasteiger partial charge < -0.3 is 4.90 Å². The van der Waals surface area contributed by atoms with Gasteiger partial charge in [0.15, 0.2) is 0 Å². The summed E-state index contributed by atoms with van der Waals surface area (Å²) in [5.41, 5.74) is 0. The lowest BCUT2D eigenvalue weighted by Crippen LogP contribution is -2.39. The Bertz CT molecular complexity index is 136. The average Bonchev–Trinajstić information content (AvgIpc) is 2.38. The van der Waals surface area contributed by atoms with Gasteiger partial charge >= 0.3 is 0 Å². The highest BCUT2D eigenvalue weighted by Gasteiger charge is 2.20. The second-order valence-corrected chi connectivity index (χ2v) is 4.88. The summed E-state index contributed by atoms with van der Waals surface area (Å²) in [4.78, 5) is 2.70. The van der Waals surface area contributed by atoms with Crippen LogP contribution in [0.1, 0.15) is 73.1 Å². The van der Waals surface area contributed by atoms with E-state index in [0.717, 1.165) is 12.0 Å². The molecule has 1 rings (SSSR count). The van der Waals surface area contributed by atoms with E-state index in [4.69, 9.17) is 0 Å². The maximum atomic E-state index is 2.70. The van der Waals surface area contributed by atoms with Gasteiger partial charge in [-0.1, -0.05) is 47.0 Å². The van der Waals surface area contributed by atoms with Gasteiger partial charge in [0.05, 0.1) is 0 Å². The van der Waals surface area contributed by atoms with Gasteiger partial charge in [0, 0.05) is 6.04 Å². The van der Waals surface area contributed by atoms with Crippen LogP contribution in [0, 0.1) is 5.92 Å². The molecule has 0 aliphatic carbocycles.